The Hall–Kier alpha value is -2.31. The molecule has 0 aromatic carbocycles. The van der Waals surface area contributed by atoms with Crippen molar-refractivity contribution in [3.8, 4) is 0 Å². The molecule has 1 saturated heterocycles. The van der Waals surface area contributed by atoms with Crippen LogP contribution in [0.3, 0.4) is 0 Å². The Labute approximate surface area is 150 Å². The minimum atomic E-state index is -0.104. The van der Waals surface area contributed by atoms with Crippen LogP contribution in [0, 0.1) is 5.92 Å². The van der Waals surface area contributed by atoms with Crippen molar-refractivity contribution in [2.24, 2.45) is 10.9 Å². The van der Waals surface area contributed by atoms with E-state index in [4.69, 9.17) is 4.74 Å². The first kappa shape index (κ1) is 19.0. The molecular weight excluding hydrogens is 318 g/mol. The van der Waals surface area contributed by atoms with E-state index in [1.165, 1.54) is 0 Å². The maximum absolute atomic E-state index is 12.0. The minimum Gasteiger partial charge on any atom is -0.466 e. The summed E-state index contributed by atoms with van der Waals surface area (Å²) in [7, 11) is 5.72. The largest absolute Gasteiger partial charge is 0.466 e. The second kappa shape index (κ2) is 9.25. The number of carbonyl (C=O) groups excluding carboxylic acids is 1. The summed E-state index contributed by atoms with van der Waals surface area (Å²) in [6, 6.07) is 4.04. The second-order valence-corrected chi connectivity index (χ2v) is 6.35. The lowest BCUT2D eigenvalue weighted by Gasteiger charge is -2.34. The van der Waals surface area contributed by atoms with Crippen molar-refractivity contribution in [1.29, 1.82) is 0 Å². The first-order chi connectivity index (χ1) is 12.0. The molecule has 2 rings (SSSR count). The van der Waals surface area contributed by atoms with Gasteiger partial charge in [0.05, 0.1) is 12.5 Å². The van der Waals surface area contributed by atoms with Crippen LogP contribution in [0.1, 0.15) is 25.3 Å². The van der Waals surface area contributed by atoms with Gasteiger partial charge in [-0.2, -0.15) is 0 Å². The first-order valence-electron chi connectivity index (χ1n) is 8.79. The average molecular weight is 347 g/mol. The number of ether oxygens (including phenoxy) is 1. The maximum atomic E-state index is 12.0. The molecule has 138 valence electrons. The van der Waals surface area contributed by atoms with Gasteiger partial charge in [-0.05, 0) is 37.5 Å². The summed E-state index contributed by atoms with van der Waals surface area (Å²) < 4.78 is 5.17. The molecule has 0 saturated carbocycles. The van der Waals surface area contributed by atoms with E-state index < -0.39 is 0 Å². The van der Waals surface area contributed by atoms with Gasteiger partial charge in [-0.3, -0.25) is 9.79 Å². The van der Waals surface area contributed by atoms with E-state index in [0.717, 1.165) is 36.7 Å². The summed E-state index contributed by atoms with van der Waals surface area (Å²) >= 11 is 0. The van der Waals surface area contributed by atoms with Gasteiger partial charge in [-0.1, -0.05) is 0 Å². The van der Waals surface area contributed by atoms with E-state index in [1.54, 1.807) is 7.05 Å². The number of aliphatic imine (C=N–C) groups is 1. The van der Waals surface area contributed by atoms with Crippen LogP contribution in [0.5, 0.6) is 0 Å². The molecule has 1 unspecified atom stereocenters. The third-order valence-electron chi connectivity index (χ3n) is 4.27. The quantitative estimate of drug-likeness (QED) is 0.494. The molecule has 0 aliphatic carbocycles. The van der Waals surface area contributed by atoms with Gasteiger partial charge in [0.1, 0.15) is 5.82 Å². The molecule has 1 aliphatic rings. The van der Waals surface area contributed by atoms with E-state index in [-0.39, 0.29) is 11.9 Å². The standard InChI is InChI=1S/C18H29N5O2/c1-5-25-17(24)15-7-6-10-23(13-15)18(19-2)21-12-14-8-9-20-16(11-14)22(3)4/h8-9,11,15H,5-7,10,12-13H2,1-4H3,(H,19,21). The normalized spacial score (nSPS) is 18.0. The van der Waals surface area contributed by atoms with E-state index in [0.29, 0.717) is 19.7 Å². The Morgan fingerprint density at radius 1 is 1.52 bits per heavy atom. The number of pyridine rings is 1. The molecule has 7 nitrogen and oxygen atoms in total. The topological polar surface area (TPSA) is 70.1 Å². The van der Waals surface area contributed by atoms with Crippen LogP contribution in [0.4, 0.5) is 5.82 Å². The highest BCUT2D eigenvalue weighted by molar-refractivity contribution is 5.81. The van der Waals surface area contributed by atoms with E-state index in [9.17, 15) is 4.79 Å². The highest BCUT2D eigenvalue weighted by Gasteiger charge is 2.28. The Bertz CT molecular complexity index is 603. The zero-order valence-electron chi connectivity index (χ0n) is 15.7. The van der Waals surface area contributed by atoms with Gasteiger partial charge in [0, 0.05) is 47.0 Å². The lowest BCUT2D eigenvalue weighted by atomic mass is 9.98. The number of nitrogens with one attached hydrogen (secondary N) is 1. The number of anilines is 1. The second-order valence-electron chi connectivity index (χ2n) is 6.35. The Morgan fingerprint density at radius 2 is 2.32 bits per heavy atom. The molecule has 1 atom stereocenters. The van der Waals surface area contributed by atoms with Crippen LogP contribution >= 0.6 is 0 Å². The van der Waals surface area contributed by atoms with Crippen molar-refractivity contribution in [2.75, 3.05) is 45.7 Å². The average Bonchev–Trinajstić information content (AvgIpc) is 2.63. The van der Waals surface area contributed by atoms with E-state index in [2.05, 4.69) is 26.3 Å². The fourth-order valence-corrected chi connectivity index (χ4v) is 2.95. The zero-order valence-corrected chi connectivity index (χ0v) is 15.7. The van der Waals surface area contributed by atoms with Crippen LogP contribution in [0.25, 0.3) is 0 Å². The molecule has 0 radical (unpaired) electrons. The van der Waals surface area contributed by atoms with Gasteiger partial charge >= 0.3 is 5.97 Å². The van der Waals surface area contributed by atoms with Gasteiger partial charge < -0.3 is 19.9 Å². The molecule has 1 N–H and O–H groups in total. The fourth-order valence-electron chi connectivity index (χ4n) is 2.95. The number of esters is 1. The Kier molecular flexibility index (Phi) is 7.03. The number of piperidine rings is 1. The molecule has 1 aliphatic heterocycles. The number of carbonyl (C=O) groups is 1. The van der Waals surface area contributed by atoms with Crippen molar-refractivity contribution < 1.29 is 9.53 Å². The molecular formula is C18H29N5O2. The SMILES string of the molecule is CCOC(=O)C1CCCN(C(=NC)NCc2ccnc(N(C)C)c2)C1. The summed E-state index contributed by atoms with van der Waals surface area (Å²) in [5.74, 6) is 1.56. The summed E-state index contributed by atoms with van der Waals surface area (Å²) in [4.78, 5) is 24.8. The smallest absolute Gasteiger partial charge is 0.310 e. The maximum Gasteiger partial charge on any atom is 0.310 e. The van der Waals surface area contributed by atoms with Gasteiger partial charge in [0.25, 0.3) is 0 Å². The van der Waals surface area contributed by atoms with Gasteiger partial charge in [-0.25, -0.2) is 4.98 Å². The monoisotopic (exact) mass is 347 g/mol. The molecule has 7 heteroatoms. The molecule has 0 spiro atoms. The van der Waals surface area contributed by atoms with Crippen molar-refractivity contribution in [3.63, 3.8) is 0 Å². The van der Waals surface area contributed by atoms with E-state index >= 15 is 0 Å². The lowest BCUT2D eigenvalue weighted by Crippen LogP contribution is -2.48. The highest BCUT2D eigenvalue weighted by Crippen LogP contribution is 2.18. The Balaban J connectivity index is 1.95. The van der Waals surface area contributed by atoms with Crippen LogP contribution in [-0.2, 0) is 16.1 Å². The molecule has 25 heavy (non-hydrogen) atoms. The fraction of sp³-hybridized carbons (Fsp3) is 0.611. The third-order valence-corrected chi connectivity index (χ3v) is 4.27. The van der Waals surface area contributed by atoms with Gasteiger partial charge in [0.15, 0.2) is 5.96 Å². The van der Waals surface area contributed by atoms with Crippen molar-refractivity contribution in [1.82, 2.24) is 15.2 Å². The lowest BCUT2D eigenvalue weighted by molar-refractivity contribution is -0.149. The summed E-state index contributed by atoms with van der Waals surface area (Å²) in [5.41, 5.74) is 1.14. The number of likely N-dealkylation sites (tertiary alicyclic amines) is 1. The molecule has 1 fully saturated rings. The van der Waals surface area contributed by atoms with Crippen molar-refractivity contribution >= 4 is 17.7 Å². The Morgan fingerprint density at radius 3 is 3.00 bits per heavy atom. The first-order valence-corrected chi connectivity index (χ1v) is 8.79. The van der Waals surface area contributed by atoms with Gasteiger partial charge in [-0.15, -0.1) is 0 Å². The molecule has 2 heterocycles. The summed E-state index contributed by atoms with van der Waals surface area (Å²) in [6.45, 7) is 4.48. The van der Waals surface area contributed by atoms with Crippen LogP contribution < -0.4 is 10.2 Å². The van der Waals surface area contributed by atoms with Crippen LogP contribution in [-0.4, -0.2) is 62.7 Å². The molecule has 0 amide bonds. The molecule has 0 bridgehead atoms. The summed E-state index contributed by atoms with van der Waals surface area (Å²) in [6.07, 6.45) is 3.65. The van der Waals surface area contributed by atoms with E-state index in [1.807, 2.05) is 38.2 Å². The molecule has 1 aromatic heterocycles. The van der Waals surface area contributed by atoms with Crippen LogP contribution in [0.2, 0.25) is 0 Å². The number of hydrogen-bond donors (Lipinski definition) is 1. The van der Waals surface area contributed by atoms with Crippen molar-refractivity contribution in [2.45, 2.75) is 26.3 Å². The number of guanidine groups is 1. The van der Waals surface area contributed by atoms with Crippen molar-refractivity contribution in [3.05, 3.63) is 23.9 Å². The summed E-state index contributed by atoms with van der Waals surface area (Å²) in [5, 5.41) is 3.39. The number of rotatable bonds is 5. The number of hydrogen-bond acceptors (Lipinski definition) is 5. The predicted octanol–water partition coefficient (Wildman–Crippen LogP) is 1.50. The zero-order chi connectivity index (χ0) is 18.2. The highest BCUT2D eigenvalue weighted by atomic mass is 16.5. The van der Waals surface area contributed by atoms with Gasteiger partial charge in [0.2, 0.25) is 0 Å². The van der Waals surface area contributed by atoms with Crippen LogP contribution in [0.15, 0.2) is 23.3 Å². The minimum absolute atomic E-state index is 0.0754. The number of nitrogens with zero attached hydrogens (tertiary/aromatic N) is 4. The molecule has 1 aromatic rings. The predicted molar refractivity (Wildman–Crippen MR) is 99.7 cm³/mol. The third kappa shape index (κ3) is 5.34. The number of aromatic nitrogens is 1.